The highest BCUT2D eigenvalue weighted by Gasteiger charge is 2.44. The lowest BCUT2D eigenvalue weighted by Crippen LogP contribution is -2.68. The Balaban J connectivity index is 2.03. The molecule has 1 heterocycles. The number of hydrogen-bond acceptors (Lipinski definition) is 4. The second-order valence-electron chi connectivity index (χ2n) is 6.98. The van der Waals surface area contributed by atoms with Crippen LogP contribution in [0.1, 0.15) is 45.1 Å². The van der Waals surface area contributed by atoms with Gasteiger partial charge in [0.25, 0.3) is 11.8 Å². The first kappa shape index (κ1) is 21.9. The maximum Gasteiger partial charge on any atom is 0.253 e. The highest BCUT2D eigenvalue weighted by atomic mass is 16.5. The van der Waals surface area contributed by atoms with Gasteiger partial charge in [0, 0.05) is 19.7 Å². The maximum absolute atomic E-state index is 12.9. The van der Waals surface area contributed by atoms with Crippen LogP contribution in [0.4, 0.5) is 0 Å². The van der Waals surface area contributed by atoms with Gasteiger partial charge in [-0.2, -0.15) is 0 Å². The van der Waals surface area contributed by atoms with Crippen molar-refractivity contribution in [3.8, 4) is 0 Å². The van der Waals surface area contributed by atoms with Crippen LogP contribution >= 0.6 is 0 Å². The molecule has 2 rings (SSSR count). The summed E-state index contributed by atoms with van der Waals surface area (Å²) in [4.78, 5) is 39.6. The Morgan fingerprint density at radius 3 is 2.54 bits per heavy atom. The van der Waals surface area contributed by atoms with Crippen LogP contribution in [0.25, 0.3) is 0 Å². The average Bonchev–Trinajstić information content (AvgIpc) is 2.71. The third-order valence-corrected chi connectivity index (χ3v) is 4.69. The fourth-order valence-electron chi connectivity index (χ4n) is 3.05. The molecular formula is C21H31N3O4. The number of carbonyl (C=O) groups excluding carboxylic acids is 3. The Morgan fingerprint density at radius 1 is 1.14 bits per heavy atom. The number of amides is 3. The summed E-state index contributed by atoms with van der Waals surface area (Å²) < 4.78 is 5.52. The predicted octanol–water partition coefficient (Wildman–Crippen LogP) is 1.62. The number of hydrogen-bond donors (Lipinski definition) is 2. The van der Waals surface area contributed by atoms with Crippen LogP contribution in [-0.2, 0) is 25.7 Å². The molecule has 1 fully saturated rings. The SMILES string of the molecule is CCCCOC[C@@H]1NC(=O)C(C(=O)NCc2ccccc2)N(CCCC)C1=O. The summed E-state index contributed by atoms with van der Waals surface area (Å²) in [7, 11) is 0. The van der Waals surface area contributed by atoms with Crippen molar-refractivity contribution < 1.29 is 19.1 Å². The molecule has 1 aliphatic heterocycles. The molecular weight excluding hydrogens is 358 g/mol. The molecule has 1 aromatic rings. The molecule has 0 aromatic heterocycles. The van der Waals surface area contributed by atoms with Crippen molar-refractivity contribution >= 4 is 17.7 Å². The second kappa shape index (κ2) is 11.4. The van der Waals surface area contributed by atoms with E-state index in [0.717, 1.165) is 31.2 Å². The van der Waals surface area contributed by atoms with Crippen LogP contribution in [0.3, 0.4) is 0 Å². The molecule has 7 nitrogen and oxygen atoms in total. The Hall–Kier alpha value is -2.41. The lowest BCUT2D eigenvalue weighted by molar-refractivity contribution is -0.156. The Bertz CT molecular complexity index is 650. The number of nitrogens with one attached hydrogen (secondary N) is 2. The summed E-state index contributed by atoms with van der Waals surface area (Å²) in [5, 5.41) is 5.44. The van der Waals surface area contributed by atoms with Crippen LogP contribution in [0, 0.1) is 0 Å². The van der Waals surface area contributed by atoms with Crippen molar-refractivity contribution in [1.82, 2.24) is 15.5 Å². The largest absolute Gasteiger partial charge is 0.379 e. The molecule has 0 saturated carbocycles. The molecule has 2 N–H and O–H groups in total. The minimum atomic E-state index is -1.14. The number of unbranched alkanes of at least 4 members (excludes halogenated alkanes) is 2. The monoisotopic (exact) mass is 389 g/mol. The van der Waals surface area contributed by atoms with Gasteiger partial charge in [-0.25, -0.2) is 0 Å². The van der Waals surface area contributed by atoms with Gasteiger partial charge in [-0.1, -0.05) is 57.0 Å². The highest BCUT2D eigenvalue weighted by molar-refractivity contribution is 6.10. The molecule has 1 unspecified atom stereocenters. The van der Waals surface area contributed by atoms with E-state index < -0.39 is 23.9 Å². The summed E-state index contributed by atoms with van der Waals surface area (Å²) in [6, 6.07) is 7.57. The van der Waals surface area contributed by atoms with Gasteiger partial charge in [-0.15, -0.1) is 0 Å². The standard InChI is InChI=1S/C21H31N3O4/c1-3-5-12-24-18(19(25)22-14-16-10-8-7-9-11-16)20(26)23-17(21(24)27)15-28-13-6-4-2/h7-11,17-18H,3-6,12-15H2,1-2H3,(H,22,25)(H,23,26)/t17-,18?/m0/s1. The first-order valence-electron chi connectivity index (χ1n) is 10.1. The van der Waals surface area contributed by atoms with Crippen LogP contribution in [0.5, 0.6) is 0 Å². The zero-order valence-electron chi connectivity index (χ0n) is 16.8. The molecule has 0 aliphatic carbocycles. The van der Waals surface area contributed by atoms with Gasteiger partial charge in [0.15, 0.2) is 6.04 Å². The van der Waals surface area contributed by atoms with E-state index in [1.54, 1.807) is 0 Å². The van der Waals surface area contributed by atoms with E-state index in [2.05, 4.69) is 17.6 Å². The fourth-order valence-corrected chi connectivity index (χ4v) is 3.05. The molecule has 7 heteroatoms. The molecule has 2 atom stereocenters. The number of piperazine rings is 1. The molecule has 1 saturated heterocycles. The zero-order valence-corrected chi connectivity index (χ0v) is 16.8. The number of ether oxygens (including phenoxy) is 1. The minimum Gasteiger partial charge on any atom is -0.379 e. The van der Waals surface area contributed by atoms with Crippen LogP contribution < -0.4 is 10.6 Å². The van der Waals surface area contributed by atoms with Crippen molar-refractivity contribution in [2.75, 3.05) is 19.8 Å². The van der Waals surface area contributed by atoms with Gasteiger partial charge in [-0.3, -0.25) is 14.4 Å². The minimum absolute atomic E-state index is 0.131. The smallest absolute Gasteiger partial charge is 0.253 e. The third kappa shape index (κ3) is 6.05. The summed E-state index contributed by atoms with van der Waals surface area (Å²) in [6.45, 7) is 5.42. The second-order valence-corrected chi connectivity index (χ2v) is 6.98. The molecule has 1 aromatic carbocycles. The normalized spacial score (nSPS) is 19.4. The van der Waals surface area contributed by atoms with E-state index in [-0.39, 0.29) is 12.5 Å². The molecule has 0 bridgehead atoms. The number of rotatable bonds is 11. The lowest BCUT2D eigenvalue weighted by Gasteiger charge is -2.38. The van der Waals surface area contributed by atoms with E-state index in [9.17, 15) is 14.4 Å². The van der Waals surface area contributed by atoms with Crippen molar-refractivity contribution in [2.24, 2.45) is 0 Å². The van der Waals surface area contributed by atoms with E-state index in [0.29, 0.717) is 19.7 Å². The zero-order chi connectivity index (χ0) is 20.4. The Labute approximate surface area is 166 Å². The predicted molar refractivity (Wildman–Crippen MR) is 106 cm³/mol. The highest BCUT2D eigenvalue weighted by Crippen LogP contribution is 2.13. The molecule has 28 heavy (non-hydrogen) atoms. The third-order valence-electron chi connectivity index (χ3n) is 4.69. The van der Waals surface area contributed by atoms with Gasteiger partial charge in [0.1, 0.15) is 6.04 Å². The van der Waals surface area contributed by atoms with Crippen molar-refractivity contribution in [1.29, 1.82) is 0 Å². The topological polar surface area (TPSA) is 87.7 Å². The molecule has 154 valence electrons. The van der Waals surface area contributed by atoms with Crippen LogP contribution in [-0.4, -0.2) is 54.5 Å². The number of benzene rings is 1. The number of carbonyl (C=O) groups is 3. The van der Waals surface area contributed by atoms with Gasteiger partial charge in [-0.05, 0) is 18.4 Å². The van der Waals surface area contributed by atoms with Gasteiger partial charge in [0.2, 0.25) is 5.91 Å². The van der Waals surface area contributed by atoms with E-state index in [1.807, 2.05) is 37.3 Å². The average molecular weight is 389 g/mol. The quantitative estimate of drug-likeness (QED) is 0.445. The van der Waals surface area contributed by atoms with E-state index >= 15 is 0 Å². The molecule has 3 amide bonds. The maximum atomic E-state index is 12.9. The lowest BCUT2D eigenvalue weighted by atomic mass is 10.1. The van der Waals surface area contributed by atoms with Crippen LogP contribution in [0.15, 0.2) is 30.3 Å². The summed E-state index contributed by atoms with van der Waals surface area (Å²) >= 11 is 0. The molecule has 0 spiro atoms. The van der Waals surface area contributed by atoms with Gasteiger partial charge in [0.05, 0.1) is 6.61 Å². The van der Waals surface area contributed by atoms with E-state index in [4.69, 9.17) is 4.74 Å². The van der Waals surface area contributed by atoms with Crippen molar-refractivity contribution in [2.45, 2.75) is 58.2 Å². The Kier molecular flexibility index (Phi) is 8.94. The van der Waals surface area contributed by atoms with Crippen LogP contribution in [0.2, 0.25) is 0 Å². The molecule has 0 radical (unpaired) electrons. The first-order valence-corrected chi connectivity index (χ1v) is 10.1. The Morgan fingerprint density at radius 2 is 1.86 bits per heavy atom. The van der Waals surface area contributed by atoms with Gasteiger partial charge >= 0.3 is 0 Å². The number of nitrogens with zero attached hydrogens (tertiary/aromatic N) is 1. The summed E-state index contributed by atoms with van der Waals surface area (Å²) in [5.74, 6) is -1.18. The summed E-state index contributed by atoms with van der Waals surface area (Å²) in [5.41, 5.74) is 0.931. The fraction of sp³-hybridized carbons (Fsp3) is 0.571. The van der Waals surface area contributed by atoms with Crippen molar-refractivity contribution in [3.05, 3.63) is 35.9 Å². The first-order chi connectivity index (χ1) is 13.6. The molecule has 1 aliphatic rings. The van der Waals surface area contributed by atoms with E-state index in [1.165, 1.54) is 4.90 Å². The van der Waals surface area contributed by atoms with Gasteiger partial charge < -0.3 is 20.3 Å². The van der Waals surface area contributed by atoms with Crippen molar-refractivity contribution in [3.63, 3.8) is 0 Å². The summed E-state index contributed by atoms with van der Waals surface area (Å²) in [6.07, 6.45) is 3.49.